The first kappa shape index (κ1) is 21.5. The Kier molecular flexibility index (Phi) is 5.92. The highest BCUT2D eigenvalue weighted by Gasteiger charge is 2.32. The number of hydrogen-bond donors (Lipinski definition) is 2. The number of benzene rings is 3. The predicted molar refractivity (Wildman–Crippen MR) is 123 cm³/mol. The van der Waals surface area contributed by atoms with E-state index in [0.29, 0.717) is 39.3 Å². The lowest BCUT2D eigenvalue weighted by molar-refractivity contribution is -0.116. The Balaban J connectivity index is 1.41. The van der Waals surface area contributed by atoms with Crippen LogP contribution in [0.3, 0.4) is 0 Å². The van der Waals surface area contributed by atoms with E-state index in [2.05, 4.69) is 10.6 Å². The number of nitrogens with one attached hydrogen (secondary N) is 2. The third-order valence-corrected chi connectivity index (χ3v) is 5.53. The standard InChI is InChI=1S/C24H20ClN3O4/c1-14(29)26-16-10-11-19(25)20(13-16)27-21(30)9-4-12-28-23(31)17-7-2-5-15-6-3-8-18(22(15)17)24(28)32/h2-3,5-8,10-11,13H,4,9,12H2,1H3,(H,26,29)(H,27,30). The molecule has 0 bridgehead atoms. The molecule has 0 fully saturated rings. The van der Waals surface area contributed by atoms with Crippen molar-refractivity contribution in [2.24, 2.45) is 0 Å². The fourth-order valence-electron chi connectivity index (χ4n) is 3.80. The Bertz CT molecular complexity index is 1220. The van der Waals surface area contributed by atoms with Crippen LogP contribution in [0.4, 0.5) is 11.4 Å². The third-order valence-electron chi connectivity index (χ3n) is 5.20. The van der Waals surface area contributed by atoms with E-state index in [1.54, 1.807) is 42.5 Å². The van der Waals surface area contributed by atoms with E-state index in [9.17, 15) is 19.2 Å². The van der Waals surface area contributed by atoms with Gasteiger partial charge in [0, 0.05) is 42.1 Å². The molecular formula is C24H20ClN3O4. The van der Waals surface area contributed by atoms with Crippen LogP contribution in [0.5, 0.6) is 0 Å². The molecule has 3 aromatic carbocycles. The molecule has 1 aliphatic heterocycles. The Labute approximate surface area is 189 Å². The number of carbonyl (C=O) groups is 4. The molecule has 8 heteroatoms. The van der Waals surface area contributed by atoms with Crippen LogP contribution in [-0.4, -0.2) is 35.1 Å². The van der Waals surface area contributed by atoms with Gasteiger partial charge in [-0.2, -0.15) is 0 Å². The number of amides is 4. The van der Waals surface area contributed by atoms with Crippen LogP contribution in [0, 0.1) is 0 Å². The van der Waals surface area contributed by atoms with Gasteiger partial charge < -0.3 is 10.6 Å². The summed E-state index contributed by atoms with van der Waals surface area (Å²) in [7, 11) is 0. The Morgan fingerprint density at radius 1 is 0.938 bits per heavy atom. The molecule has 32 heavy (non-hydrogen) atoms. The first-order valence-electron chi connectivity index (χ1n) is 10.1. The highest BCUT2D eigenvalue weighted by Crippen LogP contribution is 2.30. The fraction of sp³-hybridized carbons (Fsp3) is 0.167. The van der Waals surface area contributed by atoms with Crippen molar-refractivity contribution in [1.29, 1.82) is 0 Å². The maximum atomic E-state index is 12.9. The molecule has 162 valence electrons. The van der Waals surface area contributed by atoms with Gasteiger partial charge in [0.25, 0.3) is 11.8 Å². The molecule has 4 rings (SSSR count). The van der Waals surface area contributed by atoms with Crippen molar-refractivity contribution >= 4 is 57.4 Å². The smallest absolute Gasteiger partial charge is 0.261 e. The van der Waals surface area contributed by atoms with Gasteiger partial charge >= 0.3 is 0 Å². The van der Waals surface area contributed by atoms with E-state index in [4.69, 9.17) is 11.6 Å². The van der Waals surface area contributed by atoms with E-state index in [1.807, 2.05) is 12.1 Å². The van der Waals surface area contributed by atoms with E-state index in [0.717, 1.165) is 5.39 Å². The molecule has 0 atom stereocenters. The zero-order valence-electron chi connectivity index (χ0n) is 17.3. The number of carbonyl (C=O) groups excluding carboxylic acids is 4. The van der Waals surface area contributed by atoms with Crippen LogP contribution in [0.15, 0.2) is 54.6 Å². The molecule has 0 aliphatic carbocycles. The minimum absolute atomic E-state index is 0.0869. The summed E-state index contributed by atoms with van der Waals surface area (Å²) in [5, 5.41) is 7.18. The number of imide groups is 1. The quantitative estimate of drug-likeness (QED) is 0.543. The van der Waals surface area contributed by atoms with Crippen molar-refractivity contribution in [3.8, 4) is 0 Å². The average molecular weight is 450 g/mol. The summed E-state index contributed by atoms with van der Waals surface area (Å²) in [5.74, 6) is -1.26. The lowest BCUT2D eigenvalue weighted by atomic mass is 9.94. The molecule has 2 N–H and O–H groups in total. The normalized spacial score (nSPS) is 12.8. The predicted octanol–water partition coefficient (Wildman–Crippen LogP) is 4.47. The maximum absolute atomic E-state index is 12.9. The molecular weight excluding hydrogens is 430 g/mol. The molecule has 4 amide bonds. The van der Waals surface area contributed by atoms with Crippen molar-refractivity contribution < 1.29 is 19.2 Å². The zero-order chi connectivity index (χ0) is 22.8. The summed E-state index contributed by atoms with van der Waals surface area (Å²) >= 11 is 6.13. The SMILES string of the molecule is CC(=O)Nc1ccc(Cl)c(NC(=O)CCCN2C(=O)c3cccc4cccc(c34)C2=O)c1. The summed E-state index contributed by atoms with van der Waals surface area (Å²) in [6, 6.07) is 15.5. The molecule has 3 aromatic rings. The Morgan fingerprint density at radius 2 is 1.59 bits per heavy atom. The van der Waals surface area contributed by atoms with Gasteiger partial charge in [-0.25, -0.2) is 0 Å². The molecule has 1 aliphatic rings. The second kappa shape index (κ2) is 8.80. The topological polar surface area (TPSA) is 95.6 Å². The highest BCUT2D eigenvalue weighted by molar-refractivity contribution is 6.34. The maximum Gasteiger partial charge on any atom is 0.261 e. The second-order valence-corrected chi connectivity index (χ2v) is 7.91. The molecule has 1 heterocycles. The monoisotopic (exact) mass is 449 g/mol. The lowest BCUT2D eigenvalue weighted by Gasteiger charge is -2.27. The van der Waals surface area contributed by atoms with Crippen molar-refractivity contribution in [1.82, 2.24) is 4.90 Å². The van der Waals surface area contributed by atoms with Crippen LogP contribution in [0.1, 0.15) is 40.5 Å². The zero-order valence-corrected chi connectivity index (χ0v) is 18.0. The van der Waals surface area contributed by atoms with Crippen molar-refractivity contribution in [3.63, 3.8) is 0 Å². The van der Waals surface area contributed by atoms with Gasteiger partial charge in [0.1, 0.15) is 0 Å². The number of anilines is 2. The largest absolute Gasteiger partial charge is 0.326 e. The van der Waals surface area contributed by atoms with Crippen molar-refractivity contribution in [2.75, 3.05) is 17.2 Å². The first-order valence-corrected chi connectivity index (χ1v) is 10.5. The van der Waals surface area contributed by atoms with Crippen LogP contribution in [0.2, 0.25) is 5.02 Å². The fourth-order valence-corrected chi connectivity index (χ4v) is 3.96. The summed E-state index contributed by atoms with van der Waals surface area (Å²) < 4.78 is 0. The number of halogens is 1. The minimum atomic E-state index is -0.356. The summed E-state index contributed by atoms with van der Waals surface area (Å²) in [4.78, 5) is 50.6. The minimum Gasteiger partial charge on any atom is -0.326 e. The molecule has 0 spiro atoms. The molecule has 0 aromatic heterocycles. The van der Waals surface area contributed by atoms with Gasteiger partial charge in [-0.1, -0.05) is 35.9 Å². The van der Waals surface area contributed by atoms with Gasteiger partial charge in [0.15, 0.2) is 0 Å². The van der Waals surface area contributed by atoms with Gasteiger partial charge in [-0.15, -0.1) is 0 Å². The number of hydrogen-bond acceptors (Lipinski definition) is 4. The van der Waals surface area contributed by atoms with Crippen LogP contribution in [-0.2, 0) is 9.59 Å². The van der Waals surface area contributed by atoms with Gasteiger partial charge in [-0.05, 0) is 42.1 Å². The van der Waals surface area contributed by atoms with Crippen molar-refractivity contribution in [2.45, 2.75) is 19.8 Å². The van der Waals surface area contributed by atoms with Crippen LogP contribution < -0.4 is 10.6 Å². The summed E-state index contributed by atoms with van der Waals surface area (Å²) in [5.41, 5.74) is 1.86. The first-order chi connectivity index (χ1) is 15.3. The molecule has 0 radical (unpaired) electrons. The molecule has 0 saturated heterocycles. The Morgan fingerprint density at radius 3 is 2.22 bits per heavy atom. The third kappa shape index (κ3) is 4.20. The molecule has 7 nitrogen and oxygen atoms in total. The second-order valence-electron chi connectivity index (χ2n) is 7.50. The van der Waals surface area contributed by atoms with E-state index in [1.165, 1.54) is 11.8 Å². The molecule has 0 unspecified atom stereocenters. The van der Waals surface area contributed by atoms with Crippen molar-refractivity contribution in [3.05, 3.63) is 70.7 Å². The Hall–Kier alpha value is -3.71. The van der Waals surface area contributed by atoms with E-state index < -0.39 is 0 Å². The van der Waals surface area contributed by atoms with Crippen LogP contribution >= 0.6 is 11.6 Å². The summed E-state index contributed by atoms with van der Waals surface area (Å²) in [6.07, 6.45) is 0.383. The molecule has 0 saturated carbocycles. The van der Waals surface area contributed by atoms with Crippen LogP contribution in [0.25, 0.3) is 10.8 Å². The summed E-state index contributed by atoms with van der Waals surface area (Å²) in [6.45, 7) is 1.50. The average Bonchev–Trinajstić information content (AvgIpc) is 2.76. The van der Waals surface area contributed by atoms with E-state index in [-0.39, 0.29) is 36.6 Å². The number of nitrogens with zero attached hydrogens (tertiary/aromatic N) is 1. The van der Waals surface area contributed by atoms with Gasteiger partial charge in [-0.3, -0.25) is 24.1 Å². The van der Waals surface area contributed by atoms with Gasteiger partial charge in [0.05, 0.1) is 10.7 Å². The van der Waals surface area contributed by atoms with E-state index >= 15 is 0 Å². The lowest BCUT2D eigenvalue weighted by Crippen LogP contribution is -2.41. The number of rotatable bonds is 6. The highest BCUT2D eigenvalue weighted by atomic mass is 35.5. The van der Waals surface area contributed by atoms with Gasteiger partial charge in [0.2, 0.25) is 11.8 Å².